The van der Waals surface area contributed by atoms with Crippen LogP contribution in [-0.2, 0) is 32.7 Å². The van der Waals surface area contributed by atoms with Crippen molar-refractivity contribution in [2.45, 2.75) is 431 Å². The first-order valence-corrected chi connectivity index (χ1v) is 46.1. The van der Waals surface area contributed by atoms with E-state index < -0.39 is 26.5 Å². The van der Waals surface area contributed by atoms with Crippen LogP contribution in [0.25, 0.3) is 0 Å². The van der Waals surface area contributed by atoms with Gasteiger partial charge in [-0.25, -0.2) is 4.57 Å². The number of esters is 2. The van der Waals surface area contributed by atoms with Crippen LogP contribution in [0, 0.1) is 0 Å². The minimum atomic E-state index is -4.40. The first-order valence-electron chi connectivity index (χ1n) is 44.6. The van der Waals surface area contributed by atoms with Gasteiger partial charge in [0, 0.05) is 12.8 Å². The molecule has 0 bridgehead atoms. The molecule has 0 aromatic carbocycles. The van der Waals surface area contributed by atoms with Crippen molar-refractivity contribution in [1.29, 1.82) is 0 Å². The van der Waals surface area contributed by atoms with Crippen LogP contribution >= 0.6 is 7.82 Å². The van der Waals surface area contributed by atoms with E-state index in [0.29, 0.717) is 23.9 Å². The van der Waals surface area contributed by atoms with Crippen LogP contribution in [0.4, 0.5) is 0 Å². The molecule has 1 N–H and O–H groups in total. The summed E-state index contributed by atoms with van der Waals surface area (Å²) in [6.45, 7) is 4.38. The van der Waals surface area contributed by atoms with Gasteiger partial charge in [0.2, 0.25) is 0 Å². The lowest BCUT2D eigenvalue weighted by atomic mass is 10.0. The SMILES string of the molecule is CC/C=C\C/C=C\C/C=C\C/C=C\C/C=C\C/C=C\C/C=C\C/C=C\CCCCCCCCCCCCCCCCCCC(=O)OC(COC(=O)CCCCCCCCCCCCCCCCCCCCCCCCCCCCC/C=C\CCCCCCCCCC)COP(=O)(O)OCC[N+](C)(C)C. The maximum absolute atomic E-state index is 12.9. The second-order valence-corrected chi connectivity index (χ2v) is 32.7. The van der Waals surface area contributed by atoms with Crippen LogP contribution in [0.1, 0.15) is 425 Å². The van der Waals surface area contributed by atoms with Crippen LogP contribution in [0.5, 0.6) is 0 Å². The van der Waals surface area contributed by atoms with Gasteiger partial charge in [0.05, 0.1) is 27.7 Å². The lowest BCUT2D eigenvalue weighted by molar-refractivity contribution is -0.870. The number of carbonyl (C=O) groups excluding carboxylic acids is 2. The number of rotatable bonds is 83. The van der Waals surface area contributed by atoms with Gasteiger partial charge < -0.3 is 18.9 Å². The lowest BCUT2D eigenvalue weighted by Gasteiger charge is -2.24. The van der Waals surface area contributed by atoms with E-state index in [-0.39, 0.29) is 25.6 Å². The summed E-state index contributed by atoms with van der Waals surface area (Å²) in [5.74, 6) is -0.779. The molecule has 2 unspecified atom stereocenters. The fraction of sp³-hybridized carbons (Fsp3) is 0.787. The van der Waals surface area contributed by atoms with Crippen molar-refractivity contribution in [1.82, 2.24) is 0 Å². The predicted molar refractivity (Wildman–Crippen MR) is 455 cm³/mol. The summed E-state index contributed by atoms with van der Waals surface area (Å²) in [5.41, 5.74) is 0. The molecule has 0 aliphatic heterocycles. The van der Waals surface area contributed by atoms with Crippen molar-refractivity contribution in [2.75, 3.05) is 47.5 Å². The minimum absolute atomic E-state index is 0.0312. The standard InChI is InChI=1S/C94H170NO8P/c1-6-8-10-12-14-16-18-20-22-24-26-28-30-32-34-36-38-40-42-44-46-47-49-51-53-55-57-59-61-63-65-67-69-71-73-75-77-79-81-83-85-87-94(97)103-92(91-102-104(98,99)101-89-88-95(3,4)5)90-100-93(96)86-84-82-80-78-76-74-72-70-68-66-64-62-60-58-56-54-52-50-48-45-43-41-39-37-35-33-31-29-27-25-23-21-19-17-15-13-11-9-7-2/h8,10,14,16,20,22,25-28,32,34,38,40,44,46,49,51,92H,6-7,9,11-13,15,17-19,21,23-24,29-31,33,35-37,39,41-43,45,47-48,50,52-91H2,1-5H3/p+1/b10-8-,16-14-,22-20-,27-25-,28-26-,34-32-,40-38-,46-44-,51-49-. The van der Waals surface area contributed by atoms with Gasteiger partial charge in [0.25, 0.3) is 0 Å². The highest BCUT2D eigenvalue weighted by atomic mass is 31.2. The highest BCUT2D eigenvalue weighted by Crippen LogP contribution is 2.43. The van der Waals surface area contributed by atoms with Gasteiger partial charge in [-0.3, -0.25) is 18.6 Å². The van der Waals surface area contributed by atoms with Crippen molar-refractivity contribution < 1.29 is 42.1 Å². The normalized spacial score (nSPS) is 13.5. The maximum Gasteiger partial charge on any atom is 0.472 e. The van der Waals surface area contributed by atoms with Crippen LogP contribution in [0.15, 0.2) is 109 Å². The number of nitrogens with zero attached hydrogens (tertiary/aromatic N) is 1. The number of quaternary nitrogens is 1. The van der Waals surface area contributed by atoms with Crippen molar-refractivity contribution in [3.05, 3.63) is 109 Å². The monoisotopic (exact) mass is 1470 g/mol. The molecule has 0 aliphatic rings. The molecule has 0 saturated carbocycles. The number of phosphoric acid groups is 1. The fourth-order valence-electron chi connectivity index (χ4n) is 13.0. The van der Waals surface area contributed by atoms with E-state index in [1.807, 2.05) is 21.1 Å². The Hall–Kier alpha value is -3.33. The number of unbranched alkanes of at least 4 members (excludes halogenated alkanes) is 51. The van der Waals surface area contributed by atoms with Crippen LogP contribution < -0.4 is 0 Å². The molecule has 10 heteroatoms. The molecule has 604 valence electrons. The lowest BCUT2D eigenvalue weighted by Crippen LogP contribution is -2.37. The molecule has 0 amide bonds. The highest BCUT2D eigenvalue weighted by Gasteiger charge is 2.27. The average Bonchev–Trinajstić information content (AvgIpc) is 0.920. The molecule has 104 heavy (non-hydrogen) atoms. The van der Waals surface area contributed by atoms with Gasteiger partial charge >= 0.3 is 19.8 Å². The van der Waals surface area contributed by atoms with Crippen molar-refractivity contribution in [3.8, 4) is 0 Å². The molecule has 0 rings (SSSR count). The van der Waals surface area contributed by atoms with Crippen molar-refractivity contribution in [3.63, 3.8) is 0 Å². The zero-order valence-corrected chi connectivity index (χ0v) is 70.1. The number of likely N-dealkylation sites (N-methyl/N-ethyl adjacent to an activating group) is 1. The van der Waals surface area contributed by atoms with Gasteiger partial charge in [0.15, 0.2) is 6.10 Å². The summed E-state index contributed by atoms with van der Waals surface area (Å²) in [6, 6.07) is 0. The molecule has 0 saturated heterocycles. The molecular formula is C94H171NO8P+. The third kappa shape index (κ3) is 87.6. The molecule has 9 nitrogen and oxygen atoms in total. The smallest absolute Gasteiger partial charge is 0.462 e. The first kappa shape index (κ1) is 101. The number of ether oxygens (including phenoxy) is 2. The van der Waals surface area contributed by atoms with Gasteiger partial charge in [-0.05, 0) is 103 Å². The molecule has 0 aromatic heterocycles. The summed E-state index contributed by atoms with van der Waals surface area (Å²) in [6.07, 6.45) is 120. The second-order valence-electron chi connectivity index (χ2n) is 31.3. The third-order valence-corrected chi connectivity index (χ3v) is 20.8. The fourth-order valence-corrected chi connectivity index (χ4v) is 13.8. The summed E-state index contributed by atoms with van der Waals surface area (Å²) < 4.78 is 34.9. The topological polar surface area (TPSA) is 108 Å². The molecule has 0 aliphatic carbocycles. The quantitative estimate of drug-likeness (QED) is 0.0211. The zero-order valence-electron chi connectivity index (χ0n) is 69.3. The Kier molecular flexibility index (Phi) is 81.0. The molecule has 0 fully saturated rings. The van der Waals surface area contributed by atoms with E-state index in [9.17, 15) is 19.0 Å². The molecule has 0 heterocycles. The molecule has 0 aromatic rings. The summed E-state index contributed by atoms with van der Waals surface area (Å²) in [4.78, 5) is 36.1. The van der Waals surface area contributed by atoms with E-state index in [1.54, 1.807) is 0 Å². The number of carbonyl (C=O) groups is 2. The van der Waals surface area contributed by atoms with Crippen LogP contribution in [-0.4, -0.2) is 74.9 Å². The van der Waals surface area contributed by atoms with Crippen molar-refractivity contribution >= 4 is 19.8 Å². The Morgan fingerprint density at radius 3 is 0.827 bits per heavy atom. The largest absolute Gasteiger partial charge is 0.472 e. The van der Waals surface area contributed by atoms with E-state index in [2.05, 4.69) is 123 Å². The number of allylic oxidation sites excluding steroid dienone is 18. The number of hydrogen-bond donors (Lipinski definition) is 1. The molecule has 0 radical (unpaired) electrons. The summed E-state index contributed by atoms with van der Waals surface area (Å²) >= 11 is 0. The van der Waals surface area contributed by atoms with Gasteiger partial charge in [-0.1, -0.05) is 419 Å². The summed E-state index contributed by atoms with van der Waals surface area (Å²) in [5, 5.41) is 0. The van der Waals surface area contributed by atoms with Crippen LogP contribution in [0.3, 0.4) is 0 Å². The van der Waals surface area contributed by atoms with E-state index in [1.165, 1.54) is 308 Å². The Labute approximate surface area is 646 Å². The first-order chi connectivity index (χ1) is 51.0. The number of hydrogen-bond acceptors (Lipinski definition) is 7. The second kappa shape index (κ2) is 83.7. The third-order valence-electron chi connectivity index (χ3n) is 19.8. The zero-order chi connectivity index (χ0) is 75.4. The Morgan fingerprint density at radius 1 is 0.308 bits per heavy atom. The van der Waals surface area contributed by atoms with E-state index in [0.717, 1.165) is 83.5 Å². The van der Waals surface area contributed by atoms with E-state index >= 15 is 0 Å². The summed E-state index contributed by atoms with van der Waals surface area (Å²) in [7, 11) is 1.49. The number of phosphoric ester groups is 1. The average molecular weight is 1470 g/mol. The molecule has 0 spiro atoms. The molecular weight excluding hydrogens is 1300 g/mol. The highest BCUT2D eigenvalue weighted by molar-refractivity contribution is 7.47. The molecule has 2 atom stereocenters. The Balaban J connectivity index is 3.90. The van der Waals surface area contributed by atoms with Gasteiger partial charge in [-0.2, -0.15) is 0 Å². The van der Waals surface area contributed by atoms with Crippen LogP contribution in [0.2, 0.25) is 0 Å². The van der Waals surface area contributed by atoms with Crippen molar-refractivity contribution in [2.24, 2.45) is 0 Å². The van der Waals surface area contributed by atoms with Gasteiger partial charge in [0.1, 0.15) is 19.8 Å². The van der Waals surface area contributed by atoms with Gasteiger partial charge in [-0.15, -0.1) is 0 Å². The Morgan fingerprint density at radius 2 is 0.548 bits per heavy atom. The minimum Gasteiger partial charge on any atom is -0.462 e. The predicted octanol–water partition coefficient (Wildman–Crippen LogP) is 30.3. The Bertz CT molecular complexity index is 2130. The van der Waals surface area contributed by atoms with E-state index in [4.69, 9.17) is 18.5 Å². The maximum atomic E-state index is 12.9.